The molecule has 0 aliphatic heterocycles. The van der Waals surface area contributed by atoms with Gasteiger partial charge in [-0.05, 0) is 32.6 Å². The van der Waals surface area contributed by atoms with Gasteiger partial charge < -0.3 is 5.32 Å². The van der Waals surface area contributed by atoms with E-state index in [2.05, 4.69) is 33.0 Å². The maximum Gasteiger partial charge on any atom is 0.217 e. The van der Waals surface area contributed by atoms with Gasteiger partial charge in [0, 0.05) is 12.5 Å². The molecule has 0 heterocycles. The Morgan fingerprint density at radius 1 is 1.42 bits per heavy atom. The molecule has 0 rings (SSSR count). The van der Waals surface area contributed by atoms with Crippen molar-refractivity contribution >= 4 is 5.91 Å². The van der Waals surface area contributed by atoms with Crippen LogP contribution >= 0.6 is 0 Å². The van der Waals surface area contributed by atoms with Crippen molar-refractivity contribution < 1.29 is 4.79 Å². The van der Waals surface area contributed by atoms with E-state index in [1.54, 1.807) is 6.92 Å². The van der Waals surface area contributed by atoms with Gasteiger partial charge in [0.1, 0.15) is 0 Å². The number of carbonyl (C=O) groups excluding carboxylic acids is 1. The van der Waals surface area contributed by atoms with Crippen LogP contribution in [0.15, 0.2) is 0 Å². The van der Waals surface area contributed by atoms with Gasteiger partial charge in [0.15, 0.2) is 0 Å². The van der Waals surface area contributed by atoms with Gasteiger partial charge in [0.2, 0.25) is 5.91 Å². The summed E-state index contributed by atoms with van der Waals surface area (Å²) < 4.78 is 0. The monoisotopic (exact) mass is 171 g/mol. The van der Waals surface area contributed by atoms with Gasteiger partial charge in [0.25, 0.3) is 0 Å². The standard InChI is InChI=1S/C10H21NO/c1-8(2)6-7-10(4,5)11-9(3)12/h8H,6-7H2,1-5H3,(H,11,12). The summed E-state index contributed by atoms with van der Waals surface area (Å²) in [5, 5.41) is 2.94. The molecular weight excluding hydrogens is 150 g/mol. The summed E-state index contributed by atoms with van der Waals surface area (Å²) in [6.07, 6.45) is 2.21. The van der Waals surface area contributed by atoms with Crippen LogP contribution in [0.2, 0.25) is 0 Å². The molecule has 0 atom stereocenters. The number of amides is 1. The highest BCUT2D eigenvalue weighted by Crippen LogP contribution is 2.15. The SMILES string of the molecule is CC(=O)NC(C)(C)CCC(C)C. The molecule has 2 nitrogen and oxygen atoms in total. The summed E-state index contributed by atoms with van der Waals surface area (Å²) in [7, 11) is 0. The van der Waals surface area contributed by atoms with Crippen molar-refractivity contribution in [1.29, 1.82) is 0 Å². The first-order valence-corrected chi connectivity index (χ1v) is 4.62. The van der Waals surface area contributed by atoms with E-state index in [1.807, 2.05) is 0 Å². The highest BCUT2D eigenvalue weighted by Gasteiger charge is 2.18. The van der Waals surface area contributed by atoms with E-state index in [9.17, 15) is 4.79 Å². The molecule has 0 aliphatic carbocycles. The smallest absolute Gasteiger partial charge is 0.217 e. The summed E-state index contributed by atoms with van der Waals surface area (Å²) in [5.41, 5.74) is -0.0455. The molecule has 0 aromatic rings. The molecule has 12 heavy (non-hydrogen) atoms. The van der Waals surface area contributed by atoms with Gasteiger partial charge in [-0.25, -0.2) is 0 Å². The van der Waals surface area contributed by atoms with Crippen molar-refractivity contribution in [2.75, 3.05) is 0 Å². The van der Waals surface area contributed by atoms with Gasteiger partial charge in [-0.3, -0.25) is 4.79 Å². The minimum Gasteiger partial charge on any atom is -0.351 e. The van der Waals surface area contributed by atoms with Crippen molar-refractivity contribution in [1.82, 2.24) is 5.32 Å². The molecule has 0 aromatic carbocycles. The van der Waals surface area contributed by atoms with Crippen LogP contribution in [-0.2, 0) is 4.79 Å². The average molecular weight is 171 g/mol. The average Bonchev–Trinajstić information content (AvgIpc) is 1.81. The first kappa shape index (κ1) is 11.5. The summed E-state index contributed by atoms with van der Waals surface area (Å²) in [4.78, 5) is 10.8. The fourth-order valence-corrected chi connectivity index (χ4v) is 1.19. The second-order valence-electron chi connectivity index (χ2n) is 4.50. The summed E-state index contributed by atoms with van der Waals surface area (Å²) in [6, 6.07) is 0. The highest BCUT2D eigenvalue weighted by molar-refractivity contribution is 5.73. The largest absolute Gasteiger partial charge is 0.351 e. The van der Waals surface area contributed by atoms with E-state index >= 15 is 0 Å². The quantitative estimate of drug-likeness (QED) is 0.691. The Morgan fingerprint density at radius 2 is 1.92 bits per heavy atom. The minimum atomic E-state index is -0.0455. The first-order valence-electron chi connectivity index (χ1n) is 4.62. The summed E-state index contributed by atoms with van der Waals surface area (Å²) in [6.45, 7) is 10.1. The molecule has 0 aliphatic rings. The van der Waals surface area contributed by atoms with E-state index in [0.717, 1.165) is 12.8 Å². The predicted octanol–water partition coefficient (Wildman–Crippen LogP) is 2.34. The molecule has 0 saturated heterocycles. The maximum absolute atomic E-state index is 10.8. The molecule has 0 aromatic heterocycles. The number of nitrogens with one attached hydrogen (secondary N) is 1. The third kappa shape index (κ3) is 6.20. The lowest BCUT2D eigenvalue weighted by atomic mass is 9.94. The highest BCUT2D eigenvalue weighted by atomic mass is 16.1. The van der Waals surface area contributed by atoms with Crippen LogP contribution in [0.25, 0.3) is 0 Å². The Morgan fingerprint density at radius 3 is 2.25 bits per heavy atom. The van der Waals surface area contributed by atoms with Crippen LogP contribution < -0.4 is 5.32 Å². The van der Waals surface area contributed by atoms with Crippen molar-refractivity contribution in [3.8, 4) is 0 Å². The fourth-order valence-electron chi connectivity index (χ4n) is 1.19. The van der Waals surface area contributed by atoms with E-state index in [0.29, 0.717) is 5.92 Å². The molecule has 1 amide bonds. The summed E-state index contributed by atoms with van der Waals surface area (Å²) in [5.74, 6) is 0.766. The zero-order valence-corrected chi connectivity index (χ0v) is 8.90. The van der Waals surface area contributed by atoms with E-state index in [4.69, 9.17) is 0 Å². The minimum absolute atomic E-state index is 0.0455. The Balaban J connectivity index is 3.78. The first-order chi connectivity index (χ1) is 5.33. The van der Waals surface area contributed by atoms with Crippen LogP contribution in [-0.4, -0.2) is 11.4 Å². The van der Waals surface area contributed by atoms with Crippen molar-refractivity contribution in [3.05, 3.63) is 0 Å². The Kier molecular flexibility index (Phi) is 4.29. The van der Waals surface area contributed by atoms with Crippen molar-refractivity contribution in [3.63, 3.8) is 0 Å². The molecular formula is C10H21NO. The predicted molar refractivity (Wildman–Crippen MR) is 52.0 cm³/mol. The normalized spacial score (nSPS) is 11.8. The second-order valence-corrected chi connectivity index (χ2v) is 4.50. The Hall–Kier alpha value is -0.530. The van der Waals surface area contributed by atoms with Crippen molar-refractivity contribution in [2.24, 2.45) is 5.92 Å². The third-order valence-electron chi connectivity index (χ3n) is 1.86. The number of hydrogen-bond acceptors (Lipinski definition) is 1. The second kappa shape index (κ2) is 4.48. The molecule has 72 valence electrons. The Labute approximate surface area is 75.7 Å². The molecule has 0 radical (unpaired) electrons. The van der Waals surface area contributed by atoms with Crippen LogP contribution in [0.5, 0.6) is 0 Å². The van der Waals surface area contributed by atoms with Gasteiger partial charge in [-0.2, -0.15) is 0 Å². The number of carbonyl (C=O) groups is 1. The molecule has 0 saturated carbocycles. The van der Waals surface area contributed by atoms with Crippen LogP contribution in [0, 0.1) is 5.92 Å². The van der Waals surface area contributed by atoms with Crippen LogP contribution in [0.4, 0.5) is 0 Å². The Bertz CT molecular complexity index is 150. The molecule has 2 heteroatoms. The molecule has 1 N–H and O–H groups in total. The maximum atomic E-state index is 10.8. The van der Waals surface area contributed by atoms with Gasteiger partial charge in [-0.15, -0.1) is 0 Å². The van der Waals surface area contributed by atoms with Crippen LogP contribution in [0.3, 0.4) is 0 Å². The number of rotatable bonds is 4. The molecule has 0 spiro atoms. The third-order valence-corrected chi connectivity index (χ3v) is 1.86. The molecule has 0 unspecified atom stereocenters. The summed E-state index contributed by atoms with van der Waals surface area (Å²) >= 11 is 0. The lowest BCUT2D eigenvalue weighted by Gasteiger charge is -2.26. The van der Waals surface area contributed by atoms with Gasteiger partial charge in [-0.1, -0.05) is 13.8 Å². The van der Waals surface area contributed by atoms with Gasteiger partial charge in [0.05, 0.1) is 0 Å². The van der Waals surface area contributed by atoms with E-state index in [-0.39, 0.29) is 11.4 Å². The van der Waals surface area contributed by atoms with E-state index in [1.165, 1.54) is 0 Å². The van der Waals surface area contributed by atoms with Crippen LogP contribution in [0.1, 0.15) is 47.5 Å². The lowest BCUT2D eigenvalue weighted by Crippen LogP contribution is -2.42. The zero-order valence-electron chi connectivity index (χ0n) is 8.90. The van der Waals surface area contributed by atoms with Gasteiger partial charge >= 0.3 is 0 Å². The molecule has 0 bridgehead atoms. The molecule has 0 fully saturated rings. The topological polar surface area (TPSA) is 29.1 Å². The van der Waals surface area contributed by atoms with Crippen molar-refractivity contribution in [2.45, 2.75) is 53.0 Å². The lowest BCUT2D eigenvalue weighted by molar-refractivity contribution is -0.120. The fraction of sp³-hybridized carbons (Fsp3) is 0.900. The zero-order chi connectivity index (χ0) is 9.78. The number of hydrogen-bond donors (Lipinski definition) is 1. The van der Waals surface area contributed by atoms with E-state index < -0.39 is 0 Å².